The zero-order chi connectivity index (χ0) is 22.4. The summed E-state index contributed by atoms with van der Waals surface area (Å²) < 4.78 is 78.3. The Balaban J connectivity index is 0.000000229. The van der Waals surface area contributed by atoms with Crippen molar-refractivity contribution in [3.05, 3.63) is 64.6 Å². The van der Waals surface area contributed by atoms with Crippen molar-refractivity contribution in [1.29, 1.82) is 0 Å². The fourth-order valence-corrected chi connectivity index (χ4v) is 2.11. The first-order chi connectivity index (χ1) is 13.2. The molecule has 0 aliphatic carbocycles. The molecule has 5 nitrogen and oxygen atoms in total. The normalized spacial score (nSPS) is 11.3. The quantitative estimate of drug-likeness (QED) is 0.452. The van der Waals surface area contributed by atoms with Crippen molar-refractivity contribution < 1.29 is 30.9 Å². The molecule has 3 aromatic rings. The zero-order valence-corrected chi connectivity index (χ0v) is 16.4. The van der Waals surface area contributed by atoms with Crippen LogP contribution in [0.15, 0.2) is 35.2 Å². The van der Waals surface area contributed by atoms with E-state index in [1.165, 1.54) is 33.3 Å². The molecule has 0 atom stereocenters. The highest BCUT2D eigenvalue weighted by molar-refractivity contribution is 5.30. The molecule has 0 aliphatic rings. The Morgan fingerprint density at radius 1 is 0.897 bits per heavy atom. The number of hydrogen-bond donors (Lipinski definition) is 0. The van der Waals surface area contributed by atoms with Gasteiger partial charge in [0, 0.05) is 31.2 Å². The molecule has 0 radical (unpaired) electrons. The fourth-order valence-electron chi connectivity index (χ4n) is 2.11. The molecule has 11 heteroatoms. The summed E-state index contributed by atoms with van der Waals surface area (Å²) in [5.74, 6) is 0.856. The molecule has 0 spiro atoms. The molecule has 0 aliphatic heterocycles. The predicted molar refractivity (Wildman–Crippen MR) is 92.9 cm³/mol. The number of alkyl halides is 6. The van der Waals surface area contributed by atoms with Crippen molar-refractivity contribution in [1.82, 2.24) is 19.9 Å². The number of aryl methyl sites for hydroxylation is 4. The van der Waals surface area contributed by atoms with Gasteiger partial charge in [-0.15, -0.1) is 0 Å². The van der Waals surface area contributed by atoms with E-state index in [-0.39, 0.29) is 11.1 Å². The van der Waals surface area contributed by atoms with Gasteiger partial charge in [0.1, 0.15) is 5.76 Å². The van der Waals surface area contributed by atoms with Gasteiger partial charge in [-0.1, -0.05) is 5.16 Å². The molecule has 160 valence electrons. The summed E-state index contributed by atoms with van der Waals surface area (Å²) in [5, 5.41) is 6.72. The Morgan fingerprint density at radius 3 is 1.79 bits per heavy atom. The average Bonchev–Trinajstić information content (AvgIpc) is 3.18. The van der Waals surface area contributed by atoms with Crippen LogP contribution in [0.3, 0.4) is 0 Å². The summed E-state index contributed by atoms with van der Waals surface area (Å²) in [6.07, 6.45) is -4.47. The van der Waals surface area contributed by atoms with E-state index in [2.05, 4.69) is 19.8 Å². The van der Waals surface area contributed by atoms with Gasteiger partial charge in [0.2, 0.25) is 0 Å². The van der Waals surface area contributed by atoms with E-state index in [4.69, 9.17) is 0 Å². The van der Waals surface area contributed by atoms with E-state index in [0.29, 0.717) is 5.69 Å². The van der Waals surface area contributed by atoms with E-state index in [1.807, 2.05) is 6.92 Å². The second kappa shape index (κ2) is 9.57. The number of pyridine rings is 1. The SMILES string of the molecule is Cc1ccno1.Cc1cn(C)nc1C(F)(F)F.Cc1nccc(C(F)(F)F)c1C. The van der Waals surface area contributed by atoms with Crippen LogP contribution in [-0.2, 0) is 19.4 Å². The van der Waals surface area contributed by atoms with E-state index in [1.54, 1.807) is 19.2 Å². The summed E-state index contributed by atoms with van der Waals surface area (Å²) in [5.41, 5.74) is -0.634. The Hall–Kier alpha value is -2.85. The van der Waals surface area contributed by atoms with Gasteiger partial charge >= 0.3 is 12.4 Å². The molecule has 3 rings (SSSR count). The van der Waals surface area contributed by atoms with Crippen molar-refractivity contribution in [2.24, 2.45) is 7.05 Å². The standard InChI is InChI=1S/C8H8F3N.C6H7F3N2.C4H5NO/c1-5-6(2)12-4-3-7(5)8(9,10)11;1-4-3-11(2)10-5(4)6(7,8)9;1-4-2-3-5-6-4/h3-4H,1-2H3;3H,1-2H3;2-3H,1H3. The Morgan fingerprint density at radius 2 is 1.52 bits per heavy atom. The zero-order valence-electron chi connectivity index (χ0n) is 16.4. The van der Waals surface area contributed by atoms with Crippen molar-refractivity contribution in [3.8, 4) is 0 Å². The van der Waals surface area contributed by atoms with Crippen molar-refractivity contribution >= 4 is 0 Å². The first kappa shape index (κ1) is 24.2. The van der Waals surface area contributed by atoms with Gasteiger partial charge in [-0.25, -0.2) is 0 Å². The maximum atomic E-state index is 12.2. The Kier molecular flexibility index (Phi) is 7.98. The highest BCUT2D eigenvalue weighted by Gasteiger charge is 2.35. The van der Waals surface area contributed by atoms with Crippen molar-refractivity contribution in [2.45, 2.75) is 40.0 Å². The molecule has 29 heavy (non-hydrogen) atoms. The average molecular weight is 422 g/mol. The number of rotatable bonds is 0. The second-order valence-corrected chi connectivity index (χ2v) is 6.02. The molecular formula is C18H20F6N4O. The molecule has 0 aromatic carbocycles. The van der Waals surface area contributed by atoms with Crippen molar-refractivity contribution in [3.63, 3.8) is 0 Å². The van der Waals surface area contributed by atoms with Crippen LogP contribution < -0.4 is 0 Å². The van der Waals surface area contributed by atoms with Gasteiger partial charge < -0.3 is 4.52 Å². The van der Waals surface area contributed by atoms with E-state index < -0.39 is 23.6 Å². The molecular weight excluding hydrogens is 402 g/mol. The lowest BCUT2D eigenvalue weighted by atomic mass is 10.1. The van der Waals surface area contributed by atoms with E-state index in [9.17, 15) is 26.3 Å². The van der Waals surface area contributed by atoms with Crippen LogP contribution in [0.2, 0.25) is 0 Å². The van der Waals surface area contributed by atoms with Gasteiger partial charge in [-0.3, -0.25) is 9.67 Å². The summed E-state index contributed by atoms with van der Waals surface area (Å²) in [7, 11) is 1.46. The van der Waals surface area contributed by atoms with Crippen LogP contribution in [-0.4, -0.2) is 19.9 Å². The lowest BCUT2D eigenvalue weighted by Gasteiger charge is -2.10. The van der Waals surface area contributed by atoms with Gasteiger partial charge in [0.15, 0.2) is 5.69 Å². The summed E-state index contributed by atoms with van der Waals surface area (Å²) >= 11 is 0. The van der Waals surface area contributed by atoms with Gasteiger partial charge in [0.05, 0.1) is 11.8 Å². The maximum absolute atomic E-state index is 12.2. The van der Waals surface area contributed by atoms with Crippen LogP contribution in [0.4, 0.5) is 26.3 Å². The van der Waals surface area contributed by atoms with E-state index >= 15 is 0 Å². The molecule has 3 heterocycles. The van der Waals surface area contributed by atoms with Crippen LogP contribution >= 0.6 is 0 Å². The number of hydrogen-bond acceptors (Lipinski definition) is 4. The minimum absolute atomic E-state index is 0.153. The molecule has 0 amide bonds. The summed E-state index contributed by atoms with van der Waals surface area (Å²) in [6.45, 7) is 6.22. The van der Waals surface area contributed by atoms with Crippen LogP contribution in [0, 0.1) is 27.7 Å². The lowest BCUT2D eigenvalue weighted by molar-refractivity contribution is -0.142. The van der Waals surface area contributed by atoms with Crippen molar-refractivity contribution in [2.75, 3.05) is 0 Å². The molecule has 3 aromatic heterocycles. The summed E-state index contributed by atoms with van der Waals surface area (Å²) in [4.78, 5) is 3.75. The van der Waals surface area contributed by atoms with Gasteiger partial charge in [-0.05, 0) is 44.9 Å². The third-order valence-corrected chi connectivity index (χ3v) is 3.61. The summed E-state index contributed by atoms with van der Waals surface area (Å²) in [6, 6.07) is 2.79. The topological polar surface area (TPSA) is 56.7 Å². The number of nitrogens with zero attached hydrogens (tertiary/aromatic N) is 4. The van der Waals surface area contributed by atoms with Gasteiger partial charge in [-0.2, -0.15) is 31.4 Å². The highest BCUT2D eigenvalue weighted by atomic mass is 19.4. The molecule has 0 bridgehead atoms. The van der Waals surface area contributed by atoms with Crippen LogP contribution in [0.1, 0.15) is 33.8 Å². The second-order valence-electron chi connectivity index (χ2n) is 6.02. The Labute approximate surface area is 163 Å². The maximum Gasteiger partial charge on any atom is 0.435 e. The third kappa shape index (κ3) is 7.59. The predicted octanol–water partition coefficient (Wildman–Crippen LogP) is 5.45. The minimum atomic E-state index is -4.33. The molecule has 0 N–H and O–H groups in total. The molecule has 0 fully saturated rings. The van der Waals surface area contributed by atoms with Crippen LogP contribution in [0.25, 0.3) is 0 Å². The van der Waals surface area contributed by atoms with Crippen LogP contribution in [0.5, 0.6) is 0 Å². The monoisotopic (exact) mass is 422 g/mol. The minimum Gasteiger partial charge on any atom is -0.362 e. The highest BCUT2D eigenvalue weighted by Crippen LogP contribution is 2.32. The van der Waals surface area contributed by atoms with E-state index in [0.717, 1.165) is 16.5 Å². The molecule has 0 saturated carbocycles. The smallest absolute Gasteiger partial charge is 0.362 e. The number of halogens is 6. The first-order valence-corrected chi connectivity index (χ1v) is 8.17. The largest absolute Gasteiger partial charge is 0.435 e. The number of aromatic nitrogens is 4. The fraction of sp³-hybridized carbons (Fsp3) is 0.389. The molecule has 0 unspecified atom stereocenters. The first-order valence-electron chi connectivity index (χ1n) is 8.17. The Bertz CT molecular complexity index is 898. The third-order valence-electron chi connectivity index (χ3n) is 3.61. The molecule has 0 saturated heterocycles. The van der Waals surface area contributed by atoms with Gasteiger partial charge in [0.25, 0.3) is 0 Å². The lowest BCUT2D eigenvalue weighted by Crippen LogP contribution is -2.08.